The van der Waals surface area contributed by atoms with Gasteiger partial charge in [0.25, 0.3) is 0 Å². The van der Waals surface area contributed by atoms with Crippen molar-refractivity contribution in [2.45, 2.75) is 425 Å². The van der Waals surface area contributed by atoms with E-state index in [2.05, 4.69) is 34.6 Å². The van der Waals surface area contributed by atoms with E-state index in [0.29, 0.717) is 25.7 Å². The van der Waals surface area contributed by atoms with Crippen molar-refractivity contribution in [3.05, 3.63) is 0 Å². The van der Waals surface area contributed by atoms with Crippen LogP contribution in [0.25, 0.3) is 0 Å². The maximum Gasteiger partial charge on any atom is 0.472 e. The predicted molar refractivity (Wildman–Crippen MR) is 391 cm³/mol. The van der Waals surface area contributed by atoms with Crippen molar-refractivity contribution < 1.29 is 80.2 Å². The molecule has 0 saturated carbocycles. The van der Waals surface area contributed by atoms with Crippen molar-refractivity contribution in [3.63, 3.8) is 0 Å². The third-order valence-electron chi connectivity index (χ3n) is 18.4. The molecule has 17 nitrogen and oxygen atoms in total. The van der Waals surface area contributed by atoms with Gasteiger partial charge in [0, 0.05) is 25.7 Å². The smallest absolute Gasteiger partial charge is 0.462 e. The summed E-state index contributed by atoms with van der Waals surface area (Å²) in [5.74, 6) is -1.35. The van der Waals surface area contributed by atoms with Gasteiger partial charge in [-0.2, -0.15) is 0 Å². The van der Waals surface area contributed by atoms with Gasteiger partial charge in [0.2, 0.25) is 0 Å². The van der Waals surface area contributed by atoms with Gasteiger partial charge in [0.1, 0.15) is 19.3 Å². The number of aliphatic hydroxyl groups is 1. The molecule has 0 saturated heterocycles. The first kappa shape index (κ1) is 94.1. The summed E-state index contributed by atoms with van der Waals surface area (Å²) in [6.45, 7) is 7.26. The molecule has 96 heavy (non-hydrogen) atoms. The normalized spacial score (nSPS) is 14.2. The number of carbonyl (C=O) groups excluding carboxylic acids is 4. The Morgan fingerprint density at radius 3 is 0.740 bits per heavy atom. The lowest BCUT2D eigenvalue weighted by Crippen LogP contribution is -2.30. The predicted octanol–water partition coefficient (Wildman–Crippen LogP) is 22.9. The maximum atomic E-state index is 13.1. The highest BCUT2D eigenvalue weighted by Crippen LogP contribution is 2.45. The second-order valence-corrected chi connectivity index (χ2v) is 30.9. The molecule has 0 radical (unpaired) electrons. The average molecular weight is 1410 g/mol. The molecule has 0 rings (SSSR count). The first-order valence-electron chi connectivity index (χ1n) is 40.2. The fraction of sp³-hybridized carbons (Fsp3) is 0.948. The largest absolute Gasteiger partial charge is 0.472 e. The topological polar surface area (TPSA) is 237 Å². The molecule has 19 heteroatoms. The second-order valence-electron chi connectivity index (χ2n) is 28.0. The van der Waals surface area contributed by atoms with E-state index in [1.54, 1.807) is 0 Å². The van der Waals surface area contributed by atoms with Gasteiger partial charge in [0.15, 0.2) is 12.2 Å². The van der Waals surface area contributed by atoms with Crippen LogP contribution >= 0.6 is 15.6 Å². The highest BCUT2D eigenvalue weighted by atomic mass is 31.2. The SMILES string of the molecule is CCCCCCCCCCCCCCCCCCCCCCCCC(=O)O[C@H](COC(=O)CCCCCCCCCCCCCCCC)COP(=O)(O)OC[C@@H](O)COP(=O)(O)OC[C@@H](COC(=O)CCCCCCCCCC)OC(=O)CCCCCCCCCCC(C)CC. The van der Waals surface area contributed by atoms with Gasteiger partial charge >= 0.3 is 39.5 Å². The van der Waals surface area contributed by atoms with Crippen molar-refractivity contribution in [1.82, 2.24) is 0 Å². The van der Waals surface area contributed by atoms with Gasteiger partial charge in [-0.25, -0.2) is 9.13 Å². The van der Waals surface area contributed by atoms with E-state index >= 15 is 0 Å². The number of unbranched alkanes of at least 4 members (excludes halogenated alkanes) is 48. The molecule has 0 aromatic rings. The molecule has 0 spiro atoms. The van der Waals surface area contributed by atoms with Crippen molar-refractivity contribution in [3.8, 4) is 0 Å². The molecule has 3 N–H and O–H groups in total. The molecule has 0 aromatic carbocycles. The zero-order valence-corrected chi connectivity index (χ0v) is 64.3. The summed E-state index contributed by atoms with van der Waals surface area (Å²) in [5.41, 5.74) is 0. The zero-order valence-electron chi connectivity index (χ0n) is 62.5. The van der Waals surface area contributed by atoms with Crippen LogP contribution in [0.5, 0.6) is 0 Å². The highest BCUT2D eigenvalue weighted by Gasteiger charge is 2.30. The molecule has 570 valence electrons. The van der Waals surface area contributed by atoms with Gasteiger partial charge in [0.05, 0.1) is 26.4 Å². The zero-order chi connectivity index (χ0) is 70.5. The minimum absolute atomic E-state index is 0.105. The van der Waals surface area contributed by atoms with Crippen LogP contribution in [0.4, 0.5) is 0 Å². The number of aliphatic hydroxyl groups excluding tert-OH is 1. The van der Waals surface area contributed by atoms with Gasteiger partial charge in [-0.3, -0.25) is 37.3 Å². The molecule has 0 aromatic heterocycles. The van der Waals surface area contributed by atoms with Crippen LogP contribution in [0.1, 0.15) is 407 Å². The number of phosphoric acid groups is 2. The Kier molecular flexibility index (Phi) is 68.7. The summed E-state index contributed by atoms with van der Waals surface area (Å²) in [5, 5.41) is 10.6. The first-order valence-corrected chi connectivity index (χ1v) is 43.2. The standard InChI is InChI=1S/C77H150O17P2/c1-6-10-13-16-19-22-24-26-28-29-30-31-32-33-34-35-37-39-41-47-52-57-62-76(81)93-73(67-88-75(80)61-56-51-46-40-38-36-27-25-23-20-17-14-11-7-2)69-92-96(85,86)90-65-71(78)64-89-95(83,84)91-68-72(66-87-74(79)60-55-50-45-21-18-15-12-8-3)94-77(82)63-58-53-48-43-42-44-49-54-59-70(5)9-4/h70-73,78H,6-69H2,1-5H3,(H,83,84)(H,85,86)/t70?,71-,72+,73+/m0/s1. The van der Waals surface area contributed by atoms with E-state index in [9.17, 15) is 43.2 Å². The summed E-state index contributed by atoms with van der Waals surface area (Å²) in [6.07, 6.45) is 59.8. The third-order valence-corrected chi connectivity index (χ3v) is 20.3. The lowest BCUT2D eigenvalue weighted by atomic mass is 9.99. The molecule has 0 amide bonds. The van der Waals surface area contributed by atoms with Gasteiger partial charge in [-0.05, 0) is 31.6 Å². The fourth-order valence-corrected chi connectivity index (χ4v) is 13.4. The second kappa shape index (κ2) is 70.1. The first-order chi connectivity index (χ1) is 46.6. The summed E-state index contributed by atoms with van der Waals surface area (Å²) in [6, 6.07) is 0. The van der Waals surface area contributed by atoms with E-state index in [-0.39, 0.29) is 25.7 Å². The van der Waals surface area contributed by atoms with Crippen LogP contribution in [0.3, 0.4) is 0 Å². The van der Waals surface area contributed by atoms with Crippen LogP contribution in [-0.4, -0.2) is 96.7 Å². The van der Waals surface area contributed by atoms with E-state index in [4.69, 9.17) is 37.0 Å². The fourth-order valence-electron chi connectivity index (χ4n) is 11.8. The maximum absolute atomic E-state index is 13.1. The monoisotopic (exact) mass is 1410 g/mol. The Morgan fingerprint density at radius 2 is 0.500 bits per heavy atom. The van der Waals surface area contributed by atoms with E-state index in [0.717, 1.165) is 102 Å². The quantitative estimate of drug-likeness (QED) is 0.0222. The molecule has 0 fully saturated rings. The molecule has 3 unspecified atom stereocenters. The Hall–Kier alpha value is -1.94. The number of ether oxygens (including phenoxy) is 4. The Labute approximate surface area is 588 Å². The van der Waals surface area contributed by atoms with Crippen molar-refractivity contribution >= 4 is 39.5 Å². The number of hydrogen-bond donors (Lipinski definition) is 3. The van der Waals surface area contributed by atoms with Gasteiger partial charge in [-0.15, -0.1) is 0 Å². The minimum atomic E-state index is -4.96. The molecule has 0 aliphatic rings. The van der Waals surface area contributed by atoms with Crippen LogP contribution in [0.15, 0.2) is 0 Å². The molecular weight excluding hydrogens is 1260 g/mol. The van der Waals surface area contributed by atoms with E-state index < -0.39 is 97.5 Å². The number of phosphoric ester groups is 2. The molecule has 0 aliphatic heterocycles. The Bertz CT molecular complexity index is 1840. The number of carbonyl (C=O) groups is 4. The lowest BCUT2D eigenvalue weighted by molar-refractivity contribution is -0.161. The van der Waals surface area contributed by atoms with Crippen LogP contribution in [0.2, 0.25) is 0 Å². The van der Waals surface area contributed by atoms with E-state index in [1.807, 2.05) is 0 Å². The highest BCUT2D eigenvalue weighted by molar-refractivity contribution is 7.47. The Morgan fingerprint density at radius 1 is 0.292 bits per heavy atom. The van der Waals surface area contributed by atoms with Crippen LogP contribution in [-0.2, 0) is 65.4 Å². The third kappa shape index (κ3) is 69.2. The van der Waals surface area contributed by atoms with Crippen molar-refractivity contribution in [2.75, 3.05) is 39.6 Å². The van der Waals surface area contributed by atoms with E-state index in [1.165, 1.54) is 225 Å². The summed E-state index contributed by atoms with van der Waals surface area (Å²) in [7, 11) is -9.91. The number of rotatable bonds is 77. The van der Waals surface area contributed by atoms with Gasteiger partial charge in [-0.1, -0.05) is 356 Å². The molecular formula is C77H150O17P2. The molecule has 0 bridgehead atoms. The number of esters is 4. The molecule has 6 atom stereocenters. The summed E-state index contributed by atoms with van der Waals surface area (Å²) in [4.78, 5) is 72.7. The van der Waals surface area contributed by atoms with Crippen molar-refractivity contribution in [2.24, 2.45) is 5.92 Å². The van der Waals surface area contributed by atoms with Crippen molar-refractivity contribution in [1.29, 1.82) is 0 Å². The van der Waals surface area contributed by atoms with Crippen LogP contribution < -0.4 is 0 Å². The number of hydrogen-bond acceptors (Lipinski definition) is 15. The summed E-state index contributed by atoms with van der Waals surface area (Å²) < 4.78 is 68.5. The summed E-state index contributed by atoms with van der Waals surface area (Å²) >= 11 is 0. The minimum Gasteiger partial charge on any atom is -0.462 e. The van der Waals surface area contributed by atoms with Crippen LogP contribution in [0, 0.1) is 5.92 Å². The molecule has 0 aliphatic carbocycles. The lowest BCUT2D eigenvalue weighted by Gasteiger charge is -2.21. The van der Waals surface area contributed by atoms with Gasteiger partial charge < -0.3 is 33.8 Å². The average Bonchev–Trinajstić information content (AvgIpc) is 1.49. The Balaban J connectivity index is 5.17. The molecule has 0 heterocycles.